The van der Waals surface area contributed by atoms with E-state index in [0.717, 1.165) is 16.4 Å². The number of rotatable bonds is 6. The van der Waals surface area contributed by atoms with Crippen molar-refractivity contribution in [3.05, 3.63) is 42.1 Å². The fourth-order valence-corrected chi connectivity index (χ4v) is 3.10. The van der Waals surface area contributed by atoms with Crippen molar-refractivity contribution >= 4 is 10.0 Å². The first-order valence-corrected chi connectivity index (χ1v) is 7.74. The third kappa shape index (κ3) is 3.07. The lowest BCUT2D eigenvalue weighted by molar-refractivity contribution is 0.349. The molecule has 0 radical (unpaired) electrons. The smallest absolute Gasteiger partial charge is 0.246 e. The molecular formula is C14H16FNO5S. The third-order valence-corrected chi connectivity index (χ3v) is 4.90. The summed E-state index contributed by atoms with van der Waals surface area (Å²) in [6.07, 6.45) is 1.44. The molecular weight excluding hydrogens is 313 g/mol. The van der Waals surface area contributed by atoms with Gasteiger partial charge in [-0.15, -0.1) is 0 Å². The first kappa shape index (κ1) is 16.3. The largest absolute Gasteiger partial charge is 0.493 e. The van der Waals surface area contributed by atoms with E-state index in [0.29, 0.717) is 5.76 Å². The van der Waals surface area contributed by atoms with Gasteiger partial charge in [-0.2, -0.15) is 4.31 Å². The van der Waals surface area contributed by atoms with E-state index in [-0.39, 0.29) is 18.0 Å². The van der Waals surface area contributed by atoms with E-state index in [4.69, 9.17) is 13.9 Å². The molecule has 0 aliphatic carbocycles. The van der Waals surface area contributed by atoms with Crippen LogP contribution in [-0.4, -0.2) is 34.0 Å². The zero-order valence-electron chi connectivity index (χ0n) is 12.4. The maximum Gasteiger partial charge on any atom is 0.246 e. The highest BCUT2D eigenvalue weighted by Gasteiger charge is 2.27. The van der Waals surface area contributed by atoms with Crippen LogP contribution in [0.3, 0.4) is 0 Å². The Balaban J connectivity index is 2.40. The Morgan fingerprint density at radius 2 is 1.86 bits per heavy atom. The van der Waals surface area contributed by atoms with Gasteiger partial charge >= 0.3 is 0 Å². The number of ether oxygens (including phenoxy) is 2. The fourth-order valence-electron chi connectivity index (χ4n) is 1.91. The molecule has 1 heterocycles. The van der Waals surface area contributed by atoms with Crippen molar-refractivity contribution in [3.63, 3.8) is 0 Å². The molecule has 0 bridgehead atoms. The molecule has 0 atom stereocenters. The molecule has 0 saturated heterocycles. The summed E-state index contributed by atoms with van der Waals surface area (Å²) in [6, 6.07) is 5.36. The number of nitrogens with zero attached hydrogens (tertiary/aromatic N) is 1. The van der Waals surface area contributed by atoms with Gasteiger partial charge in [0.2, 0.25) is 10.0 Å². The highest BCUT2D eigenvalue weighted by Crippen LogP contribution is 2.33. The Labute approximate surface area is 128 Å². The molecule has 6 nitrogen and oxygen atoms in total. The Kier molecular flexibility index (Phi) is 4.72. The van der Waals surface area contributed by atoms with Gasteiger partial charge in [0.15, 0.2) is 11.5 Å². The molecule has 120 valence electrons. The van der Waals surface area contributed by atoms with Gasteiger partial charge in [-0.3, -0.25) is 0 Å². The lowest BCUT2D eigenvalue weighted by Gasteiger charge is -2.17. The van der Waals surface area contributed by atoms with Gasteiger partial charge in [-0.25, -0.2) is 12.8 Å². The van der Waals surface area contributed by atoms with Crippen LogP contribution in [0.2, 0.25) is 0 Å². The molecule has 0 N–H and O–H groups in total. The van der Waals surface area contributed by atoms with E-state index in [1.54, 1.807) is 12.1 Å². The summed E-state index contributed by atoms with van der Waals surface area (Å²) in [7, 11) is -0.0115. The van der Waals surface area contributed by atoms with E-state index in [1.165, 1.54) is 27.5 Å². The van der Waals surface area contributed by atoms with Gasteiger partial charge in [0.25, 0.3) is 0 Å². The lowest BCUT2D eigenvalue weighted by atomic mass is 10.3. The van der Waals surface area contributed by atoms with E-state index in [9.17, 15) is 12.8 Å². The molecule has 0 amide bonds. The molecule has 1 aromatic heterocycles. The molecule has 0 saturated carbocycles. The average Bonchev–Trinajstić information content (AvgIpc) is 2.99. The second-order valence-electron chi connectivity index (χ2n) is 4.48. The van der Waals surface area contributed by atoms with Crippen LogP contribution in [0.4, 0.5) is 4.39 Å². The van der Waals surface area contributed by atoms with Crippen LogP contribution in [0.15, 0.2) is 39.8 Å². The molecule has 0 unspecified atom stereocenters. The van der Waals surface area contributed by atoms with Crippen LogP contribution in [0.5, 0.6) is 11.5 Å². The van der Waals surface area contributed by atoms with Crippen molar-refractivity contribution < 1.29 is 26.7 Å². The predicted molar refractivity (Wildman–Crippen MR) is 76.9 cm³/mol. The standard InChI is InChI=1S/C14H16FNO5S/c1-16(9-10-5-4-6-21-10)22(17,18)14-8-13(20-3)12(19-2)7-11(14)15/h4-8H,9H2,1-3H3. The fraction of sp³-hybridized carbons (Fsp3) is 0.286. The number of hydrogen-bond donors (Lipinski definition) is 0. The molecule has 0 aliphatic heterocycles. The van der Waals surface area contributed by atoms with Gasteiger partial charge in [-0.05, 0) is 12.1 Å². The zero-order chi connectivity index (χ0) is 16.3. The summed E-state index contributed by atoms with van der Waals surface area (Å²) in [4.78, 5) is -0.487. The highest BCUT2D eigenvalue weighted by molar-refractivity contribution is 7.89. The molecule has 22 heavy (non-hydrogen) atoms. The summed E-state index contributed by atoms with van der Waals surface area (Å²) in [5.41, 5.74) is 0. The van der Waals surface area contributed by atoms with Crippen LogP contribution in [0.25, 0.3) is 0 Å². The number of halogens is 1. The van der Waals surface area contributed by atoms with Gasteiger partial charge < -0.3 is 13.9 Å². The van der Waals surface area contributed by atoms with Crippen molar-refractivity contribution in [2.45, 2.75) is 11.4 Å². The maximum atomic E-state index is 14.1. The summed E-state index contributed by atoms with van der Waals surface area (Å²) >= 11 is 0. The topological polar surface area (TPSA) is 69.0 Å². The van der Waals surface area contributed by atoms with Gasteiger partial charge in [0.1, 0.15) is 16.5 Å². The second kappa shape index (κ2) is 6.37. The molecule has 1 aromatic carbocycles. The predicted octanol–water partition coefficient (Wildman–Crippen LogP) is 2.26. The summed E-state index contributed by atoms with van der Waals surface area (Å²) in [5.74, 6) is -0.211. The normalized spacial score (nSPS) is 11.7. The number of methoxy groups -OCH3 is 2. The Morgan fingerprint density at radius 1 is 1.23 bits per heavy atom. The van der Waals surface area contributed by atoms with E-state index in [2.05, 4.69) is 0 Å². The lowest BCUT2D eigenvalue weighted by Crippen LogP contribution is -2.27. The minimum absolute atomic E-state index is 0.0108. The van der Waals surface area contributed by atoms with E-state index < -0.39 is 20.7 Å². The Morgan fingerprint density at radius 3 is 2.41 bits per heavy atom. The van der Waals surface area contributed by atoms with Gasteiger partial charge in [0.05, 0.1) is 27.0 Å². The summed E-state index contributed by atoms with van der Waals surface area (Å²) in [5, 5.41) is 0. The molecule has 2 rings (SSSR count). The number of hydrogen-bond acceptors (Lipinski definition) is 5. The van der Waals surface area contributed by atoms with Crippen LogP contribution in [-0.2, 0) is 16.6 Å². The maximum absolute atomic E-state index is 14.1. The number of benzene rings is 1. The molecule has 0 fully saturated rings. The SMILES string of the molecule is COc1cc(F)c(S(=O)(=O)N(C)Cc2ccco2)cc1OC. The Hall–Kier alpha value is -2.06. The second-order valence-corrected chi connectivity index (χ2v) is 6.49. The zero-order valence-corrected chi connectivity index (χ0v) is 13.2. The molecule has 8 heteroatoms. The summed E-state index contributed by atoms with van der Waals surface area (Å²) < 4.78 is 55.2. The van der Waals surface area contributed by atoms with Gasteiger partial charge in [-0.1, -0.05) is 0 Å². The van der Waals surface area contributed by atoms with Crippen LogP contribution in [0, 0.1) is 5.82 Å². The average molecular weight is 329 g/mol. The quantitative estimate of drug-likeness (QED) is 0.813. The Bertz CT molecular complexity index is 743. The summed E-state index contributed by atoms with van der Waals surface area (Å²) in [6.45, 7) is -0.0108. The minimum Gasteiger partial charge on any atom is -0.493 e. The third-order valence-electron chi connectivity index (χ3n) is 3.08. The van der Waals surface area contributed by atoms with E-state index >= 15 is 0 Å². The van der Waals surface area contributed by atoms with Crippen molar-refractivity contribution in [3.8, 4) is 11.5 Å². The molecule has 2 aromatic rings. The monoisotopic (exact) mass is 329 g/mol. The van der Waals surface area contributed by atoms with Crippen LogP contribution >= 0.6 is 0 Å². The highest BCUT2D eigenvalue weighted by atomic mass is 32.2. The first-order chi connectivity index (χ1) is 10.4. The van der Waals surface area contributed by atoms with Crippen molar-refractivity contribution in [1.82, 2.24) is 4.31 Å². The number of sulfonamides is 1. The minimum atomic E-state index is -4.04. The van der Waals surface area contributed by atoms with Crippen LogP contribution < -0.4 is 9.47 Å². The van der Waals surface area contributed by atoms with Crippen molar-refractivity contribution in [2.75, 3.05) is 21.3 Å². The van der Waals surface area contributed by atoms with Crippen molar-refractivity contribution in [1.29, 1.82) is 0 Å². The molecule has 0 spiro atoms. The van der Waals surface area contributed by atoms with Crippen molar-refractivity contribution in [2.24, 2.45) is 0 Å². The molecule has 0 aliphatic rings. The van der Waals surface area contributed by atoms with E-state index in [1.807, 2.05) is 0 Å². The first-order valence-electron chi connectivity index (χ1n) is 6.30. The van der Waals surface area contributed by atoms with Gasteiger partial charge in [0, 0.05) is 19.2 Å². The number of furan rings is 1. The van der Waals surface area contributed by atoms with Crippen LogP contribution in [0.1, 0.15) is 5.76 Å².